The van der Waals surface area contributed by atoms with Crippen molar-refractivity contribution in [2.45, 2.75) is 58.8 Å². The van der Waals surface area contributed by atoms with E-state index in [0.29, 0.717) is 5.92 Å². The Hall–Kier alpha value is -1.77. The van der Waals surface area contributed by atoms with Crippen LogP contribution in [0.5, 0.6) is 0 Å². The van der Waals surface area contributed by atoms with Crippen molar-refractivity contribution < 1.29 is 0 Å². The lowest BCUT2D eigenvalue weighted by molar-refractivity contribution is 0.578. The van der Waals surface area contributed by atoms with Gasteiger partial charge in [-0.15, -0.1) is 0 Å². The molecule has 1 atom stereocenters. The Morgan fingerprint density at radius 3 is 2.38 bits per heavy atom. The van der Waals surface area contributed by atoms with Crippen LogP contribution in [0.15, 0.2) is 30.6 Å². The van der Waals surface area contributed by atoms with E-state index in [-0.39, 0.29) is 0 Å². The minimum Gasteiger partial charge on any atom is -0.374 e. The van der Waals surface area contributed by atoms with E-state index in [2.05, 4.69) is 62.2 Å². The summed E-state index contributed by atoms with van der Waals surface area (Å²) in [6.45, 7) is 7.88. The molecule has 1 aliphatic rings. The molecule has 2 heterocycles. The second kappa shape index (κ2) is 8.91. The first kappa shape index (κ1) is 18.6. The topological polar surface area (TPSA) is 21.1 Å². The van der Waals surface area contributed by atoms with E-state index in [1.54, 1.807) is 0 Å². The first-order valence-electron chi connectivity index (χ1n) is 9.44. The van der Waals surface area contributed by atoms with Crippen molar-refractivity contribution in [2.75, 3.05) is 18.5 Å². The summed E-state index contributed by atoms with van der Waals surface area (Å²) < 4.78 is 1.86. The first-order chi connectivity index (χ1) is 11.6. The summed E-state index contributed by atoms with van der Waals surface area (Å²) >= 11 is 0. The van der Waals surface area contributed by atoms with Crippen LogP contribution in [0.2, 0.25) is 0 Å². The highest BCUT2D eigenvalue weighted by atomic mass is 15.2. The van der Waals surface area contributed by atoms with Gasteiger partial charge in [-0.1, -0.05) is 46.1 Å². The number of unbranched alkanes of at least 4 members (excludes halogenated alkanes) is 2. The van der Waals surface area contributed by atoms with Crippen LogP contribution in [0.25, 0.3) is 11.1 Å². The van der Waals surface area contributed by atoms with Crippen molar-refractivity contribution in [1.82, 2.24) is 9.78 Å². The minimum absolute atomic E-state index is 0.697. The molecule has 0 saturated heterocycles. The zero-order valence-corrected chi connectivity index (χ0v) is 16.0. The van der Waals surface area contributed by atoms with Gasteiger partial charge in [-0.3, -0.25) is 4.68 Å². The summed E-state index contributed by atoms with van der Waals surface area (Å²) in [5.74, 6) is 0.697. The number of anilines is 1. The van der Waals surface area contributed by atoms with Gasteiger partial charge in [0.05, 0.1) is 6.20 Å². The zero-order valence-electron chi connectivity index (χ0n) is 16.0. The maximum atomic E-state index is 4.27. The molecule has 3 heteroatoms. The largest absolute Gasteiger partial charge is 0.374 e. The second-order valence-corrected chi connectivity index (χ2v) is 6.85. The van der Waals surface area contributed by atoms with Gasteiger partial charge in [0.1, 0.15) is 0 Å². The average molecular weight is 328 g/mol. The number of nitrogens with zero attached hydrogens (tertiary/aromatic N) is 3. The van der Waals surface area contributed by atoms with Crippen LogP contribution in [0.1, 0.15) is 64.4 Å². The number of aryl methyl sites for hydroxylation is 1. The van der Waals surface area contributed by atoms with Crippen molar-refractivity contribution in [1.29, 1.82) is 0 Å². The summed E-state index contributed by atoms with van der Waals surface area (Å²) in [5, 5.41) is 4.27. The van der Waals surface area contributed by atoms with E-state index in [1.165, 1.54) is 54.5 Å². The number of rotatable bonds is 4. The molecule has 0 amide bonds. The van der Waals surface area contributed by atoms with Crippen LogP contribution in [0.4, 0.5) is 5.69 Å². The molecule has 1 aromatic carbocycles. The fourth-order valence-electron chi connectivity index (χ4n) is 3.38. The minimum atomic E-state index is 0.697. The third-order valence-electron chi connectivity index (χ3n) is 4.93. The average Bonchev–Trinajstić information content (AvgIpc) is 3.03. The predicted molar refractivity (Wildman–Crippen MR) is 105 cm³/mol. The van der Waals surface area contributed by atoms with Gasteiger partial charge in [-0.2, -0.15) is 5.10 Å². The summed E-state index contributed by atoms with van der Waals surface area (Å²) in [7, 11) is 4.15. The molecule has 3 nitrogen and oxygen atoms in total. The molecule has 0 bridgehead atoms. The fraction of sp³-hybridized carbons (Fsp3) is 0.571. The van der Waals surface area contributed by atoms with Crippen molar-refractivity contribution >= 4 is 5.69 Å². The summed E-state index contributed by atoms with van der Waals surface area (Å²) in [4.78, 5) is 2.37. The van der Waals surface area contributed by atoms with Crippen molar-refractivity contribution in [3.05, 3.63) is 36.2 Å². The lowest BCUT2D eigenvalue weighted by Gasteiger charge is -2.33. The molecule has 2 aromatic rings. The highest BCUT2D eigenvalue weighted by molar-refractivity contribution is 5.69. The molecule has 132 valence electrons. The fourth-order valence-corrected chi connectivity index (χ4v) is 3.38. The Kier molecular flexibility index (Phi) is 6.89. The molecule has 1 aliphatic heterocycles. The van der Waals surface area contributed by atoms with Crippen molar-refractivity contribution in [3.8, 4) is 11.1 Å². The highest BCUT2D eigenvalue weighted by Crippen LogP contribution is 2.38. The molecule has 24 heavy (non-hydrogen) atoms. The van der Waals surface area contributed by atoms with Crippen LogP contribution in [-0.4, -0.2) is 23.4 Å². The molecule has 0 N–H and O–H groups in total. The van der Waals surface area contributed by atoms with Gasteiger partial charge in [-0.05, 0) is 42.0 Å². The van der Waals surface area contributed by atoms with E-state index in [4.69, 9.17) is 0 Å². The van der Waals surface area contributed by atoms with Gasteiger partial charge < -0.3 is 4.90 Å². The number of benzene rings is 1. The maximum Gasteiger partial charge on any atom is 0.0568 e. The Labute approximate surface area is 147 Å². The Balaban J connectivity index is 0.000000368. The molecule has 1 aromatic heterocycles. The van der Waals surface area contributed by atoms with Crippen LogP contribution in [-0.2, 0) is 7.05 Å². The monoisotopic (exact) mass is 327 g/mol. The molecule has 3 rings (SSSR count). The third kappa shape index (κ3) is 4.40. The number of fused-ring (bicyclic) bond motifs is 1. The third-order valence-corrected chi connectivity index (χ3v) is 4.93. The van der Waals surface area contributed by atoms with E-state index >= 15 is 0 Å². The zero-order chi connectivity index (χ0) is 17.5. The molecule has 0 saturated carbocycles. The quantitative estimate of drug-likeness (QED) is 0.727. The first-order valence-corrected chi connectivity index (χ1v) is 9.44. The standard InChI is InChI=1S/C16H21N3.C5H12/c1-4-12-7-8-18(2)16-6-5-13(9-15(12)16)14-10-17-19(3)11-14;1-3-5-4-2/h5-6,9-12H,4,7-8H2,1-3H3;3-5H2,1-2H3. The molecule has 1 unspecified atom stereocenters. The molecular formula is C21H33N3. The Morgan fingerprint density at radius 2 is 1.83 bits per heavy atom. The van der Waals surface area contributed by atoms with Gasteiger partial charge >= 0.3 is 0 Å². The highest BCUT2D eigenvalue weighted by Gasteiger charge is 2.22. The summed E-state index contributed by atoms with van der Waals surface area (Å²) in [5.41, 5.74) is 5.37. The SMILES string of the molecule is CCC1CCN(C)c2ccc(-c3cnn(C)c3)cc21.CCCCC. The van der Waals surface area contributed by atoms with E-state index in [1.807, 2.05) is 17.9 Å². The smallest absolute Gasteiger partial charge is 0.0568 e. The summed E-state index contributed by atoms with van der Waals surface area (Å²) in [6, 6.07) is 6.83. The van der Waals surface area contributed by atoms with Gasteiger partial charge in [0.25, 0.3) is 0 Å². The van der Waals surface area contributed by atoms with E-state index in [9.17, 15) is 0 Å². The normalized spacial score (nSPS) is 16.4. The van der Waals surface area contributed by atoms with Gasteiger partial charge in [0, 0.05) is 38.1 Å². The summed E-state index contributed by atoms with van der Waals surface area (Å²) in [6.07, 6.45) is 10.6. The van der Waals surface area contributed by atoms with Gasteiger partial charge in [0.15, 0.2) is 0 Å². The molecule has 0 radical (unpaired) electrons. The van der Waals surface area contributed by atoms with E-state index in [0.717, 1.165) is 6.54 Å². The molecule has 0 fully saturated rings. The number of hydrogen-bond donors (Lipinski definition) is 0. The predicted octanol–water partition coefficient (Wildman–Crippen LogP) is 5.62. The van der Waals surface area contributed by atoms with Gasteiger partial charge in [0.2, 0.25) is 0 Å². The van der Waals surface area contributed by atoms with Crippen LogP contribution in [0.3, 0.4) is 0 Å². The van der Waals surface area contributed by atoms with Crippen LogP contribution >= 0.6 is 0 Å². The maximum absolute atomic E-state index is 4.27. The second-order valence-electron chi connectivity index (χ2n) is 6.85. The molecule has 0 spiro atoms. The van der Waals surface area contributed by atoms with Crippen LogP contribution < -0.4 is 4.90 Å². The van der Waals surface area contributed by atoms with Crippen molar-refractivity contribution in [3.63, 3.8) is 0 Å². The van der Waals surface area contributed by atoms with Crippen molar-refractivity contribution in [2.24, 2.45) is 7.05 Å². The lowest BCUT2D eigenvalue weighted by atomic mass is 9.86. The lowest BCUT2D eigenvalue weighted by Crippen LogP contribution is -2.27. The Morgan fingerprint density at radius 1 is 1.08 bits per heavy atom. The van der Waals surface area contributed by atoms with Gasteiger partial charge in [-0.25, -0.2) is 0 Å². The molecular weight excluding hydrogens is 294 g/mol. The number of hydrogen-bond acceptors (Lipinski definition) is 2. The number of aromatic nitrogens is 2. The van der Waals surface area contributed by atoms with E-state index < -0.39 is 0 Å². The molecule has 0 aliphatic carbocycles. The van der Waals surface area contributed by atoms with Crippen LogP contribution in [0, 0.1) is 0 Å². The Bertz CT molecular complexity index is 628.